The summed E-state index contributed by atoms with van der Waals surface area (Å²) in [5.74, 6) is -1.17. The Kier molecular flexibility index (Phi) is 6.44. The van der Waals surface area contributed by atoms with Crippen LogP contribution in [0, 0.1) is 11.3 Å². The van der Waals surface area contributed by atoms with E-state index in [0.29, 0.717) is 17.9 Å². The summed E-state index contributed by atoms with van der Waals surface area (Å²) in [7, 11) is 1.45. The predicted molar refractivity (Wildman–Crippen MR) is 69.7 cm³/mol. The SMILES string of the molecule is CCCC(F)OC(=O)CC(C#N)c1ncccc1OC. The molecule has 6 heteroatoms. The Morgan fingerprint density at radius 1 is 1.60 bits per heavy atom. The minimum absolute atomic E-state index is 0.149. The third-order valence-electron chi connectivity index (χ3n) is 2.65. The van der Waals surface area contributed by atoms with Crippen LogP contribution in [0.3, 0.4) is 0 Å². The van der Waals surface area contributed by atoms with Gasteiger partial charge in [0.05, 0.1) is 25.3 Å². The van der Waals surface area contributed by atoms with Crippen molar-refractivity contribution in [2.45, 2.75) is 38.5 Å². The topological polar surface area (TPSA) is 72.2 Å². The summed E-state index contributed by atoms with van der Waals surface area (Å²) in [6.07, 6.45) is 0.342. The van der Waals surface area contributed by atoms with Crippen molar-refractivity contribution < 1.29 is 18.7 Å². The molecule has 1 heterocycles. The van der Waals surface area contributed by atoms with E-state index < -0.39 is 18.2 Å². The molecule has 1 aromatic rings. The van der Waals surface area contributed by atoms with Gasteiger partial charge in [-0.15, -0.1) is 0 Å². The summed E-state index contributed by atoms with van der Waals surface area (Å²) in [5, 5.41) is 9.14. The van der Waals surface area contributed by atoms with E-state index in [-0.39, 0.29) is 12.8 Å². The Balaban J connectivity index is 2.73. The number of pyridine rings is 1. The first-order valence-electron chi connectivity index (χ1n) is 6.34. The van der Waals surface area contributed by atoms with Gasteiger partial charge in [0.1, 0.15) is 11.7 Å². The highest BCUT2D eigenvalue weighted by Crippen LogP contribution is 2.26. The number of ether oxygens (including phenoxy) is 2. The number of carbonyl (C=O) groups is 1. The minimum Gasteiger partial charge on any atom is -0.495 e. The van der Waals surface area contributed by atoms with Crippen molar-refractivity contribution in [3.05, 3.63) is 24.0 Å². The lowest BCUT2D eigenvalue weighted by molar-refractivity contribution is -0.158. The van der Waals surface area contributed by atoms with E-state index >= 15 is 0 Å². The highest BCUT2D eigenvalue weighted by atomic mass is 19.1. The van der Waals surface area contributed by atoms with E-state index in [1.54, 1.807) is 19.1 Å². The number of hydrogen-bond acceptors (Lipinski definition) is 5. The largest absolute Gasteiger partial charge is 0.495 e. The van der Waals surface area contributed by atoms with Gasteiger partial charge in [0.2, 0.25) is 6.36 Å². The first-order valence-corrected chi connectivity index (χ1v) is 6.34. The molecule has 2 unspecified atom stereocenters. The molecule has 0 amide bonds. The lowest BCUT2D eigenvalue weighted by Crippen LogP contribution is -2.16. The predicted octanol–water partition coefficient (Wildman–Crippen LogP) is 2.73. The van der Waals surface area contributed by atoms with Gasteiger partial charge in [-0.2, -0.15) is 5.26 Å². The molecule has 0 aliphatic rings. The third-order valence-corrected chi connectivity index (χ3v) is 2.65. The second kappa shape index (κ2) is 8.10. The molecule has 0 aliphatic heterocycles. The molecular formula is C14H17FN2O3. The van der Waals surface area contributed by atoms with Gasteiger partial charge in [0.25, 0.3) is 0 Å². The van der Waals surface area contributed by atoms with Gasteiger partial charge in [-0.1, -0.05) is 6.92 Å². The van der Waals surface area contributed by atoms with Crippen molar-refractivity contribution in [2.24, 2.45) is 0 Å². The number of rotatable bonds is 7. The number of alkyl halides is 1. The zero-order valence-electron chi connectivity index (χ0n) is 11.5. The number of halogens is 1. The van der Waals surface area contributed by atoms with Crippen molar-refractivity contribution in [3.63, 3.8) is 0 Å². The van der Waals surface area contributed by atoms with Gasteiger partial charge in [-0.3, -0.25) is 9.78 Å². The highest BCUT2D eigenvalue weighted by Gasteiger charge is 2.23. The monoisotopic (exact) mass is 280 g/mol. The fourth-order valence-corrected chi connectivity index (χ4v) is 1.68. The lowest BCUT2D eigenvalue weighted by Gasteiger charge is -2.13. The number of esters is 1. The molecule has 0 saturated carbocycles. The van der Waals surface area contributed by atoms with E-state index in [2.05, 4.69) is 9.72 Å². The van der Waals surface area contributed by atoms with Crippen molar-refractivity contribution in [3.8, 4) is 11.8 Å². The molecule has 0 N–H and O–H groups in total. The van der Waals surface area contributed by atoms with Crippen LogP contribution in [0.1, 0.15) is 37.8 Å². The minimum atomic E-state index is -1.63. The summed E-state index contributed by atoms with van der Waals surface area (Å²) >= 11 is 0. The van der Waals surface area contributed by atoms with Crippen LogP contribution >= 0.6 is 0 Å². The van der Waals surface area contributed by atoms with Gasteiger partial charge in [0, 0.05) is 12.6 Å². The maximum Gasteiger partial charge on any atom is 0.310 e. The fourth-order valence-electron chi connectivity index (χ4n) is 1.68. The zero-order valence-corrected chi connectivity index (χ0v) is 11.5. The van der Waals surface area contributed by atoms with Gasteiger partial charge >= 0.3 is 5.97 Å². The first kappa shape index (κ1) is 15.9. The second-order valence-corrected chi connectivity index (χ2v) is 4.17. The normalized spacial score (nSPS) is 13.1. The third kappa shape index (κ3) is 4.50. The summed E-state index contributed by atoms with van der Waals surface area (Å²) in [6.45, 7) is 1.79. The lowest BCUT2D eigenvalue weighted by atomic mass is 10.0. The average molecular weight is 280 g/mol. The van der Waals surface area contributed by atoms with Crippen LogP contribution in [0.15, 0.2) is 18.3 Å². The van der Waals surface area contributed by atoms with Gasteiger partial charge in [-0.05, 0) is 18.6 Å². The second-order valence-electron chi connectivity index (χ2n) is 4.17. The number of aromatic nitrogens is 1. The van der Waals surface area contributed by atoms with Gasteiger partial charge < -0.3 is 9.47 Å². The fraction of sp³-hybridized carbons (Fsp3) is 0.500. The number of methoxy groups -OCH3 is 1. The molecular weight excluding hydrogens is 263 g/mol. The maximum absolute atomic E-state index is 13.2. The number of nitrogens with zero attached hydrogens (tertiary/aromatic N) is 2. The molecule has 5 nitrogen and oxygen atoms in total. The van der Waals surface area contributed by atoms with E-state index in [9.17, 15) is 9.18 Å². The number of nitriles is 1. The van der Waals surface area contributed by atoms with Crippen LogP contribution in [0.25, 0.3) is 0 Å². The van der Waals surface area contributed by atoms with Crippen molar-refractivity contribution >= 4 is 5.97 Å². The smallest absolute Gasteiger partial charge is 0.310 e. The van der Waals surface area contributed by atoms with Crippen LogP contribution in [0.5, 0.6) is 5.75 Å². The van der Waals surface area contributed by atoms with Crippen LogP contribution < -0.4 is 4.74 Å². The molecule has 0 aromatic carbocycles. The zero-order chi connectivity index (χ0) is 15.0. The number of carbonyl (C=O) groups excluding carboxylic acids is 1. The molecule has 0 radical (unpaired) electrons. The number of hydrogen-bond donors (Lipinski definition) is 0. The molecule has 0 fully saturated rings. The summed E-state index contributed by atoms with van der Waals surface area (Å²) in [6, 6.07) is 5.27. The Morgan fingerprint density at radius 2 is 2.35 bits per heavy atom. The Bertz CT molecular complexity index is 488. The standard InChI is InChI=1S/C14H17FN2O3/c1-3-5-12(15)20-13(18)8-10(9-16)14-11(19-2)6-4-7-17-14/h4,6-7,10,12H,3,5,8H2,1-2H3. The molecule has 1 rings (SSSR count). The molecule has 0 saturated heterocycles. The van der Waals surface area contributed by atoms with Crippen LogP contribution in [-0.2, 0) is 9.53 Å². The van der Waals surface area contributed by atoms with Crippen LogP contribution in [-0.4, -0.2) is 24.4 Å². The maximum atomic E-state index is 13.2. The van der Waals surface area contributed by atoms with Crippen molar-refractivity contribution in [1.82, 2.24) is 4.98 Å². The summed E-state index contributed by atoms with van der Waals surface area (Å²) < 4.78 is 22.9. The van der Waals surface area contributed by atoms with Crippen LogP contribution in [0.2, 0.25) is 0 Å². The van der Waals surface area contributed by atoms with E-state index in [1.165, 1.54) is 13.3 Å². The summed E-state index contributed by atoms with van der Waals surface area (Å²) in [4.78, 5) is 15.6. The molecule has 0 bridgehead atoms. The van der Waals surface area contributed by atoms with Crippen molar-refractivity contribution in [2.75, 3.05) is 7.11 Å². The van der Waals surface area contributed by atoms with E-state index in [0.717, 1.165) is 0 Å². The molecule has 20 heavy (non-hydrogen) atoms. The van der Waals surface area contributed by atoms with Crippen molar-refractivity contribution in [1.29, 1.82) is 5.26 Å². The Labute approximate surface area is 117 Å². The van der Waals surface area contributed by atoms with Crippen LogP contribution in [0.4, 0.5) is 4.39 Å². The summed E-state index contributed by atoms with van der Waals surface area (Å²) in [5.41, 5.74) is 0.348. The first-order chi connectivity index (χ1) is 9.62. The average Bonchev–Trinajstić information content (AvgIpc) is 2.45. The molecule has 108 valence electrons. The molecule has 1 aromatic heterocycles. The van der Waals surface area contributed by atoms with E-state index in [1.807, 2.05) is 6.07 Å². The molecule has 0 spiro atoms. The molecule has 0 aliphatic carbocycles. The molecule has 2 atom stereocenters. The Hall–Kier alpha value is -2.16. The van der Waals surface area contributed by atoms with Gasteiger partial charge in [0.15, 0.2) is 0 Å². The van der Waals surface area contributed by atoms with Gasteiger partial charge in [-0.25, -0.2) is 4.39 Å². The highest BCUT2D eigenvalue weighted by molar-refractivity contribution is 5.71. The quantitative estimate of drug-likeness (QED) is 0.718. The van der Waals surface area contributed by atoms with E-state index in [4.69, 9.17) is 10.00 Å². The Morgan fingerprint density at radius 3 is 2.95 bits per heavy atom.